The molecule has 0 saturated carbocycles. The Morgan fingerprint density at radius 2 is 1.20 bits per heavy atom. The van der Waals surface area contributed by atoms with Crippen LogP contribution in [0.5, 0.6) is 0 Å². The molecule has 30 heavy (non-hydrogen) atoms. The molecule has 0 bridgehead atoms. The number of methoxy groups -OCH3 is 1. The zero-order valence-corrected chi connectivity index (χ0v) is 22.7. The summed E-state index contributed by atoms with van der Waals surface area (Å²) in [7, 11) is -2.68. The predicted molar refractivity (Wildman–Crippen MR) is 127 cm³/mol. The van der Waals surface area contributed by atoms with Crippen molar-refractivity contribution in [2.45, 2.75) is 110 Å². The summed E-state index contributed by atoms with van der Waals surface area (Å²) in [5.41, 5.74) is 0. The Morgan fingerprint density at radius 1 is 0.800 bits per heavy atom. The second-order valence-electron chi connectivity index (χ2n) is 8.49. The Kier molecular flexibility index (Phi) is 13.3. The maximum absolute atomic E-state index is 12.5. The molecule has 0 aromatic heterocycles. The topological polar surface area (TPSA) is 82.1 Å². The van der Waals surface area contributed by atoms with Crippen molar-refractivity contribution in [3.05, 3.63) is 0 Å². The van der Waals surface area contributed by atoms with Gasteiger partial charge < -0.3 is 18.7 Å². The summed E-state index contributed by atoms with van der Waals surface area (Å²) in [5, 5.41) is 9.61. The Bertz CT molecular complexity index is 503. The van der Waals surface area contributed by atoms with Gasteiger partial charge in [0.2, 0.25) is 0 Å². The van der Waals surface area contributed by atoms with Crippen LogP contribution in [0.4, 0.5) is 0 Å². The van der Waals surface area contributed by atoms with E-state index in [2.05, 4.69) is 41.5 Å². The Morgan fingerprint density at radius 3 is 1.53 bits per heavy atom. The lowest BCUT2D eigenvalue weighted by Gasteiger charge is -2.42. The number of aliphatic carboxylic acids is 1. The minimum absolute atomic E-state index is 0.0808. The molecule has 0 aliphatic rings. The van der Waals surface area contributed by atoms with Crippen LogP contribution in [0.1, 0.15) is 61.8 Å². The third-order valence-corrected chi connectivity index (χ3v) is 16.5. The van der Waals surface area contributed by atoms with E-state index in [-0.39, 0.29) is 18.3 Å². The van der Waals surface area contributed by atoms with Gasteiger partial charge in [-0.1, -0.05) is 48.5 Å². The molecule has 0 aliphatic carbocycles. The van der Waals surface area contributed by atoms with Crippen LogP contribution in [0, 0.1) is 11.8 Å². The molecule has 8 heteroatoms. The standard InChI is InChI=1S/C22H46O6Si2/c1-10-29(11-2,12-3)27-19(16-20(23)24)17(7)21(18(8)22(25)26-9)28-30(13-4,14-5)15-6/h17-19,21H,10-16H2,1-9H3,(H,23,24)/t17-,18+,19-,21-/m0/s1. The highest BCUT2D eigenvalue weighted by Crippen LogP contribution is 2.34. The molecule has 0 radical (unpaired) electrons. The molecule has 4 atom stereocenters. The fourth-order valence-electron chi connectivity index (χ4n) is 4.31. The summed E-state index contributed by atoms with van der Waals surface area (Å²) in [4.78, 5) is 24.2. The van der Waals surface area contributed by atoms with Crippen LogP contribution in [-0.4, -0.2) is 53.0 Å². The number of carbonyl (C=O) groups is 2. The Balaban J connectivity index is 6.14. The zero-order chi connectivity index (χ0) is 23.5. The van der Waals surface area contributed by atoms with Crippen molar-refractivity contribution >= 4 is 28.6 Å². The van der Waals surface area contributed by atoms with Gasteiger partial charge in [-0.15, -0.1) is 0 Å². The fraction of sp³-hybridized carbons (Fsp3) is 0.909. The molecule has 0 fully saturated rings. The van der Waals surface area contributed by atoms with Crippen LogP contribution in [-0.2, 0) is 23.2 Å². The van der Waals surface area contributed by atoms with Crippen molar-refractivity contribution in [3.63, 3.8) is 0 Å². The first kappa shape index (κ1) is 29.3. The van der Waals surface area contributed by atoms with Gasteiger partial charge in [0.25, 0.3) is 0 Å². The van der Waals surface area contributed by atoms with Gasteiger partial charge in [-0.2, -0.15) is 0 Å². The first-order valence-electron chi connectivity index (χ1n) is 11.7. The lowest BCUT2D eigenvalue weighted by molar-refractivity contribution is -0.150. The first-order chi connectivity index (χ1) is 14.0. The second-order valence-corrected chi connectivity index (χ2v) is 17.9. The van der Waals surface area contributed by atoms with Crippen molar-refractivity contribution in [1.29, 1.82) is 0 Å². The van der Waals surface area contributed by atoms with E-state index < -0.39 is 40.7 Å². The molecule has 0 heterocycles. The molecule has 178 valence electrons. The van der Waals surface area contributed by atoms with Crippen molar-refractivity contribution in [2.24, 2.45) is 11.8 Å². The SMILES string of the molecule is CC[Si](CC)(CC)O[C@@H]([C@@H](C)[C@H](CC(=O)O)O[Si](CC)(CC)CC)[C@@H](C)C(=O)OC. The lowest BCUT2D eigenvalue weighted by Crippen LogP contribution is -2.51. The number of carboxylic acid groups (broad SMARTS) is 1. The summed E-state index contributed by atoms with van der Waals surface area (Å²) >= 11 is 0. The van der Waals surface area contributed by atoms with Gasteiger partial charge in [-0.05, 0) is 43.2 Å². The molecule has 1 N–H and O–H groups in total. The monoisotopic (exact) mass is 462 g/mol. The summed E-state index contributed by atoms with van der Waals surface area (Å²) in [6.45, 7) is 16.7. The van der Waals surface area contributed by atoms with E-state index in [0.717, 1.165) is 36.3 Å². The summed E-state index contributed by atoms with van der Waals surface area (Å²) in [6, 6.07) is 5.70. The maximum atomic E-state index is 12.5. The lowest BCUT2D eigenvalue weighted by atomic mass is 9.88. The van der Waals surface area contributed by atoms with Crippen LogP contribution < -0.4 is 0 Å². The number of carbonyl (C=O) groups excluding carboxylic acids is 1. The maximum Gasteiger partial charge on any atom is 0.310 e. The van der Waals surface area contributed by atoms with Crippen LogP contribution in [0.25, 0.3) is 0 Å². The average Bonchev–Trinajstić information content (AvgIpc) is 2.76. The predicted octanol–water partition coefficient (Wildman–Crippen LogP) is 5.69. The minimum Gasteiger partial charge on any atom is -0.481 e. The Labute approximate surface area is 186 Å². The van der Waals surface area contributed by atoms with Gasteiger partial charge in [0.05, 0.1) is 31.7 Å². The Hall–Kier alpha value is -0.706. The third kappa shape index (κ3) is 7.77. The molecule has 0 aromatic rings. The summed E-state index contributed by atoms with van der Waals surface area (Å²) in [6.07, 6.45) is -0.989. The molecule has 0 unspecified atom stereocenters. The van der Waals surface area contributed by atoms with Crippen molar-refractivity contribution in [2.75, 3.05) is 7.11 Å². The van der Waals surface area contributed by atoms with Gasteiger partial charge in [-0.25, -0.2) is 0 Å². The van der Waals surface area contributed by atoms with Crippen LogP contribution >= 0.6 is 0 Å². The average molecular weight is 463 g/mol. The minimum atomic E-state index is -2.03. The number of hydrogen-bond acceptors (Lipinski definition) is 5. The van der Waals surface area contributed by atoms with Crippen LogP contribution in [0.3, 0.4) is 0 Å². The van der Waals surface area contributed by atoms with Gasteiger partial charge in [0.1, 0.15) is 0 Å². The van der Waals surface area contributed by atoms with E-state index in [1.807, 2.05) is 13.8 Å². The van der Waals surface area contributed by atoms with E-state index in [4.69, 9.17) is 13.6 Å². The molecule has 0 spiro atoms. The number of ether oxygens (including phenoxy) is 1. The van der Waals surface area contributed by atoms with E-state index in [1.165, 1.54) is 7.11 Å². The summed E-state index contributed by atoms with van der Waals surface area (Å²) in [5.74, 6) is -1.92. The highest BCUT2D eigenvalue weighted by atomic mass is 28.4. The highest BCUT2D eigenvalue weighted by molar-refractivity contribution is 6.74. The molecule has 6 nitrogen and oxygen atoms in total. The molecule has 0 saturated heterocycles. The van der Waals surface area contributed by atoms with E-state index >= 15 is 0 Å². The third-order valence-electron chi connectivity index (χ3n) is 7.20. The first-order valence-corrected chi connectivity index (χ1v) is 16.8. The van der Waals surface area contributed by atoms with E-state index in [1.54, 1.807) is 0 Å². The number of carboxylic acids is 1. The summed E-state index contributed by atoms with van der Waals surface area (Å²) < 4.78 is 18.5. The normalized spacial score (nSPS) is 16.6. The van der Waals surface area contributed by atoms with Gasteiger partial charge in [0.15, 0.2) is 16.6 Å². The van der Waals surface area contributed by atoms with Gasteiger partial charge in [-0.3, -0.25) is 9.59 Å². The number of hydrogen-bond donors (Lipinski definition) is 1. The molecule has 0 amide bonds. The van der Waals surface area contributed by atoms with Crippen molar-refractivity contribution < 1.29 is 28.3 Å². The van der Waals surface area contributed by atoms with E-state index in [0.29, 0.717) is 0 Å². The van der Waals surface area contributed by atoms with Crippen molar-refractivity contribution in [1.82, 2.24) is 0 Å². The molecular weight excluding hydrogens is 416 g/mol. The van der Waals surface area contributed by atoms with Gasteiger partial charge >= 0.3 is 11.9 Å². The van der Waals surface area contributed by atoms with Crippen molar-refractivity contribution in [3.8, 4) is 0 Å². The van der Waals surface area contributed by atoms with E-state index in [9.17, 15) is 14.7 Å². The van der Waals surface area contributed by atoms with Gasteiger partial charge in [0, 0.05) is 5.92 Å². The molecule has 0 rings (SSSR count). The smallest absolute Gasteiger partial charge is 0.310 e. The second kappa shape index (κ2) is 13.7. The largest absolute Gasteiger partial charge is 0.481 e. The molecule has 0 aliphatic heterocycles. The zero-order valence-electron chi connectivity index (χ0n) is 20.7. The number of rotatable bonds is 16. The quantitative estimate of drug-likeness (QED) is 0.234. The highest BCUT2D eigenvalue weighted by Gasteiger charge is 2.43. The molecule has 0 aromatic carbocycles. The van der Waals surface area contributed by atoms with Crippen LogP contribution in [0.2, 0.25) is 36.3 Å². The van der Waals surface area contributed by atoms with Crippen LogP contribution in [0.15, 0.2) is 0 Å². The fourth-order valence-corrected chi connectivity index (χ4v) is 10.2. The molecular formula is C22H46O6Si2. The number of esters is 1.